The highest BCUT2D eigenvalue weighted by Gasteiger charge is 2.49. The average Bonchev–Trinajstić information content (AvgIpc) is 3.23. The number of hydrogen-bond acceptors (Lipinski definition) is 2. The molecule has 0 aliphatic heterocycles. The molecule has 5 aromatic carbocycles. The van der Waals surface area contributed by atoms with Crippen LogP contribution < -0.4 is 0 Å². The van der Waals surface area contributed by atoms with E-state index in [1.54, 1.807) is 0 Å². The Morgan fingerprint density at radius 1 is 0.528 bits per heavy atom. The Hall–Kier alpha value is -4.27. The van der Waals surface area contributed by atoms with Crippen LogP contribution in [0.15, 0.2) is 127 Å². The maximum absolute atomic E-state index is 6.68. The van der Waals surface area contributed by atoms with Gasteiger partial charge in [-0.15, -0.1) is 0 Å². The summed E-state index contributed by atoms with van der Waals surface area (Å²) in [7, 11) is 0. The standard InChI is InChI=1S/C33H21ClN2/c34-24-19-20-26-25-15-7-8-16-27(25)33(28(26)21-24,23-13-5-2-6-14-23)32-31(22-11-3-1-4-12-22)35-29-17-9-10-18-30(29)36-32/h1-21H. The van der Waals surface area contributed by atoms with E-state index in [1.807, 2.05) is 36.4 Å². The summed E-state index contributed by atoms with van der Waals surface area (Å²) in [6, 6.07) is 44.0. The third-order valence-electron chi connectivity index (χ3n) is 7.19. The highest BCUT2D eigenvalue weighted by atomic mass is 35.5. The number of rotatable bonds is 3. The Bertz CT molecular complexity index is 1750. The van der Waals surface area contributed by atoms with E-state index >= 15 is 0 Å². The van der Waals surface area contributed by atoms with E-state index in [2.05, 4.69) is 91.0 Å². The van der Waals surface area contributed by atoms with Crippen molar-refractivity contribution < 1.29 is 0 Å². The van der Waals surface area contributed by atoms with Crippen LogP contribution in [0.2, 0.25) is 5.02 Å². The minimum atomic E-state index is -0.680. The molecule has 1 aliphatic carbocycles. The molecule has 0 spiro atoms. The van der Waals surface area contributed by atoms with Gasteiger partial charge in [-0.2, -0.15) is 0 Å². The Kier molecular flexibility index (Phi) is 4.77. The van der Waals surface area contributed by atoms with Crippen molar-refractivity contribution in [3.05, 3.63) is 155 Å². The van der Waals surface area contributed by atoms with E-state index in [0.717, 1.165) is 39.1 Å². The van der Waals surface area contributed by atoms with Gasteiger partial charge in [0.25, 0.3) is 0 Å². The molecule has 36 heavy (non-hydrogen) atoms. The van der Waals surface area contributed by atoms with E-state index in [-0.39, 0.29) is 0 Å². The van der Waals surface area contributed by atoms with Gasteiger partial charge in [0.2, 0.25) is 0 Å². The lowest BCUT2D eigenvalue weighted by Gasteiger charge is -2.34. The summed E-state index contributed by atoms with van der Waals surface area (Å²) in [6.07, 6.45) is 0. The van der Waals surface area contributed by atoms with Crippen LogP contribution in [0.5, 0.6) is 0 Å². The van der Waals surface area contributed by atoms with Crippen molar-refractivity contribution >= 4 is 22.6 Å². The molecule has 1 heterocycles. The molecule has 170 valence electrons. The number of fused-ring (bicyclic) bond motifs is 4. The monoisotopic (exact) mass is 480 g/mol. The zero-order valence-corrected chi connectivity index (χ0v) is 20.2. The molecule has 1 aromatic heterocycles. The minimum Gasteiger partial charge on any atom is -0.247 e. The van der Waals surface area contributed by atoms with Crippen molar-refractivity contribution in [2.45, 2.75) is 5.41 Å². The number of hydrogen-bond donors (Lipinski definition) is 0. The second-order valence-corrected chi connectivity index (χ2v) is 9.56. The first-order valence-electron chi connectivity index (χ1n) is 12.0. The van der Waals surface area contributed by atoms with Crippen molar-refractivity contribution in [3.8, 4) is 22.4 Å². The van der Waals surface area contributed by atoms with Crippen LogP contribution in [-0.2, 0) is 5.41 Å². The molecule has 0 fully saturated rings. The van der Waals surface area contributed by atoms with Gasteiger partial charge in [0, 0.05) is 10.6 Å². The third-order valence-corrected chi connectivity index (χ3v) is 7.42. The molecule has 7 rings (SSSR count). The maximum atomic E-state index is 6.68. The molecule has 2 nitrogen and oxygen atoms in total. The van der Waals surface area contributed by atoms with Gasteiger partial charge in [0.1, 0.15) is 0 Å². The predicted octanol–water partition coefficient (Wildman–Crippen LogP) is 8.31. The summed E-state index contributed by atoms with van der Waals surface area (Å²) in [5, 5.41) is 0.705. The van der Waals surface area contributed by atoms with Gasteiger partial charge in [-0.3, -0.25) is 0 Å². The van der Waals surface area contributed by atoms with Crippen LogP contribution in [-0.4, -0.2) is 9.97 Å². The van der Waals surface area contributed by atoms with E-state index in [1.165, 1.54) is 16.7 Å². The van der Waals surface area contributed by atoms with Gasteiger partial charge in [-0.05, 0) is 52.1 Å². The first-order valence-corrected chi connectivity index (χ1v) is 12.4. The minimum absolute atomic E-state index is 0.680. The lowest BCUT2D eigenvalue weighted by atomic mass is 9.69. The molecule has 1 aliphatic rings. The highest BCUT2D eigenvalue weighted by molar-refractivity contribution is 6.30. The smallest absolute Gasteiger partial charge is 0.0941 e. The summed E-state index contributed by atoms with van der Waals surface area (Å²) in [5.74, 6) is 0. The molecule has 0 radical (unpaired) electrons. The molecule has 0 amide bonds. The molecule has 6 aromatic rings. The van der Waals surface area contributed by atoms with Crippen LogP contribution in [0.3, 0.4) is 0 Å². The molecule has 0 N–H and O–H groups in total. The molecular weight excluding hydrogens is 460 g/mol. The number of nitrogens with zero attached hydrogens (tertiary/aromatic N) is 2. The SMILES string of the molecule is Clc1ccc2c(c1)C(c1ccccc1)(c1nc3ccccc3nc1-c1ccccc1)c1ccccc1-2. The van der Waals surface area contributed by atoms with E-state index in [4.69, 9.17) is 21.6 Å². The van der Waals surface area contributed by atoms with Gasteiger partial charge in [-0.1, -0.05) is 115 Å². The molecular formula is C33H21ClN2. The van der Waals surface area contributed by atoms with Crippen molar-refractivity contribution in [1.82, 2.24) is 9.97 Å². The Morgan fingerprint density at radius 2 is 1.14 bits per heavy atom. The summed E-state index contributed by atoms with van der Waals surface area (Å²) in [4.78, 5) is 10.6. The van der Waals surface area contributed by atoms with Crippen molar-refractivity contribution in [3.63, 3.8) is 0 Å². The average molecular weight is 481 g/mol. The normalized spacial score (nSPS) is 16.0. The maximum Gasteiger partial charge on any atom is 0.0941 e. The quantitative estimate of drug-likeness (QED) is 0.254. The lowest BCUT2D eigenvalue weighted by Crippen LogP contribution is -2.31. The fourth-order valence-corrected chi connectivity index (χ4v) is 5.87. The molecule has 1 unspecified atom stereocenters. The van der Waals surface area contributed by atoms with Gasteiger partial charge >= 0.3 is 0 Å². The number of para-hydroxylation sites is 2. The van der Waals surface area contributed by atoms with E-state index < -0.39 is 5.41 Å². The molecule has 3 heteroatoms. The second kappa shape index (κ2) is 8.15. The first kappa shape index (κ1) is 21.0. The fraction of sp³-hybridized carbons (Fsp3) is 0.0303. The number of benzene rings is 5. The molecule has 0 saturated carbocycles. The Morgan fingerprint density at radius 3 is 1.92 bits per heavy atom. The molecule has 0 bridgehead atoms. The van der Waals surface area contributed by atoms with Gasteiger partial charge in [0.05, 0.1) is 27.8 Å². The van der Waals surface area contributed by atoms with Gasteiger partial charge in [-0.25, -0.2) is 9.97 Å². The third kappa shape index (κ3) is 2.98. The number of halogens is 1. The largest absolute Gasteiger partial charge is 0.247 e. The van der Waals surface area contributed by atoms with Gasteiger partial charge < -0.3 is 0 Å². The van der Waals surface area contributed by atoms with Crippen molar-refractivity contribution in [1.29, 1.82) is 0 Å². The summed E-state index contributed by atoms with van der Waals surface area (Å²) < 4.78 is 0. The molecule has 0 saturated heterocycles. The summed E-state index contributed by atoms with van der Waals surface area (Å²) in [5.41, 5.74) is 9.72. The van der Waals surface area contributed by atoms with Crippen molar-refractivity contribution in [2.75, 3.05) is 0 Å². The summed E-state index contributed by atoms with van der Waals surface area (Å²) in [6.45, 7) is 0. The fourth-order valence-electron chi connectivity index (χ4n) is 5.70. The highest BCUT2D eigenvalue weighted by Crippen LogP contribution is 2.57. The van der Waals surface area contributed by atoms with Gasteiger partial charge in [0.15, 0.2) is 0 Å². The van der Waals surface area contributed by atoms with E-state index in [0.29, 0.717) is 5.02 Å². The van der Waals surface area contributed by atoms with Crippen LogP contribution >= 0.6 is 11.6 Å². The van der Waals surface area contributed by atoms with Crippen LogP contribution in [0.4, 0.5) is 0 Å². The zero-order chi connectivity index (χ0) is 24.1. The van der Waals surface area contributed by atoms with E-state index in [9.17, 15) is 0 Å². The molecule has 1 atom stereocenters. The topological polar surface area (TPSA) is 25.8 Å². The lowest BCUT2D eigenvalue weighted by molar-refractivity contribution is 0.737. The Balaban J connectivity index is 1.71. The second-order valence-electron chi connectivity index (χ2n) is 9.13. The van der Waals surface area contributed by atoms with Crippen molar-refractivity contribution in [2.24, 2.45) is 0 Å². The van der Waals surface area contributed by atoms with Crippen LogP contribution in [0.25, 0.3) is 33.4 Å². The summed E-state index contributed by atoms with van der Waals surface area (Å²) >= 11 is 6.68. The van der Waals surface area contributed by atoms with Crippen LogP contribution in [0.1, 0.15) is 22.4 Å². The predicted molar refractivity (Wildman–Crippen MR) is 147 cm³/mol. The van der Waals surface area contributed by atoms with Crippen LogP contribution in [0, 0.1) is 0 Å². The first-order chi connectivity index (χ1) is 17.8. The zero-order valence-electron chi connectivity index (χ0n) is 19.4. The Labute approximate surface area is 214 Å². The number of aromatic nitrogens is 2.